The molecule has 2 aliphatic heterocycles. The minimum atomic E-state index is -0.196. The van der Waals surface area contributed by atoms with Gasteiger partial charge in [0.25, 0.3) is 0 Å². The van der Waals surface area contributed by atoms with Crippen LogP contribution >= 0.6 is 0 Å². The Bertz CT molecular complexity index is 1440. The van der Waals surface area contributed by atoms with E-state index in [4.69, 9.17) is 4.98 Å². The summed E-state index contributed by atoms with van der Waals surface area (Å²) in [5.74, 6) is 0.499. The summed E-state index contributed by atoms with van der Waals surface area (Å²) in [6.07, 6.45) is 0.828. The van der Waals surface area contributed by atoms with Gasteiger partial charge in [-0.1, -0.05) is 19.1 Å². The Morgan fingerprint density at radius 2 is 1.89 bits per heavy atom. The van der Waals surface area contributed by atoms with Crippen molar-refractivity contribution in [3.63, 3.8) is 0 Å². The van der Waals surface area contributed by atoms with Crippen molar-refractivity contribution < 1.29 is 9.18 Å². The highest BCUT2D eigenvalue weighted by Crippen LogP contribution is 2.33. The number of nitrogens with zero attached hydrogens (tertiary/aromatic N) is 5. The number of piperazine rings is 1. The molecule has 0 unspecified atom stereocenters. The summed E-state index contributed by atoms with van der Waals surface area (Å²) in [5, 5.41) is 8.60. The molecule has 2 aromatic heterocycles. The Kier molecular flexibility index (Phi) is 5.52. The second-order valence-electron chi connectivity index (χ2n) is 9.88. The maximum atomic E-state index is 14.3. The third kappa shape index (κ3) is 3.83. The summed E-state index contributed by atoms with van der Waals surface area (Å²) in [5.41, 5.74) is 7.10. The van der Waals surface area contributed by atoms with Crippen molar-refractivity contribution in [2.45, 2.75) is 33.4 Å². The lowest BCUT2D eigenvalue weighted by Crippen LogP contribution is -2.50. The predicted octanol–water partition coefficient (Wildman–Crippen LogP) is 4.31. The van der Waals surface area contributed by atoms with E-state index in [1.165, 1.54) is 0 Å². The maximum absolute atomic E-state index is 14.3. The van der Waals surface area contributed by atoms with Gasteiger partial charge in [0.2, 0.25) is 0 Å². The maximum Gasteiger partial charge on any atom is 0.320 e. The number of nitrogens with one attached hydrogen (secondary N) is 2. The van der Waals surface area contributed by atoms with Gasteiger partial charge >= 0.3 is 6.03 Å². The Morgan fingerprint density at radius 3 is 2.64 bits per heavy atom. The minimum absolute atomic E-state index is 0.0767. The molecule has 1 fully saturated rings. The lowest BCUT2D eigenvalue weighted by molar-refractivity contribution is 0.121. The summed E-state index contributed by atoms with van der Waals surface area (Å²) in [6.45, 7) is 8.23. The quantitative estimate of drug-likeness (QED) is 0.451. The molecule has 0 saturated carbocycles. The van der Waals surface area contributed by atoms with Gasteiger partial charge < -0.3 is 19.7 Å². The fourth-order valence-corrected chi connectivity index (χ4v) is 5.25. The number of amides is 2. The molecular formula is C27H30FN7O. The number of fused-ring (bicyclic) bond motifs is 2. The number of rotatable bonds is 3. The van der Waals surface area contributed by atoms with E-state index >= 15 is 0 Å². The van der Waals surface area contributed by atoms with Gasteiger partial charge in [0, 0.05) is 31.6 Å². The molecule has 8 nitrogen and oxygen atoms in total. The number of hydrogen-bond acceptors (Lipinski definition) is 4. The van der Waals surface area contributed by atoms with Crippen LogP contribution in [-0.2, 0) is 19.5 Å². The summed E-state index contributed by atoms with van der Waals surface area (Å²) in [4.78, 5) is 27.2. The number of urea groups is 1. The number of aromatic amines is 2. The molecule has 9 heteroatoms. The number of H-pyrrole nitrogens is 2. The lowest BCUT2D eigenvalue weighted by Gasteiger charge is -2.34. The third-order valence-corrected chi connectivity index (χ3v) is 7.46. The van der Waals surface area contributed by atoms with Crippen LogP contribution in [0.4, 0.5) is 9.18 Å². The average Bonchev–Trinajstić information content (AvgIpc) is 3.58. The fourth-order valence-electron chi connectivity index (χ4n) is 5.25. The van der Waals surface area contributed by atoms with Crippen LogP contribution in [-0.4, -0.2) is 74.1 Å². The van der Waals surface area contributed by atoms with E-state index in [0.717, 1.165) is 77.3 Å². The molecule has 36 heavy (non-hydrogen) atoms. The molecule has 0 aliphatic carbocycles. The second-order valence-corrected chi connectivity index (χ2v) is 9.88. The van der Waals surface area contributed by atoms with Gasteiger partial charge in [-0.2, -0.15) is 5.10 Å². The van der Waals surface area contributed by atoms with Gasteiger partial charge in [0.15, 0.2) is 5.82 Å². The van der Waals surface area contributed by atoms with E-state index in [1.807, 2.05) is 34.1 Å². The molecule has 4 aromatic rings. The molecule has 2 aliphatic rings. The SMILES string of the molecule is CCc1cc(C)c(F)cc1-c1ccc2c(-c3nc4c([nH]3)CN(C(=O)N3CCN(C)CC3)C4)n[nH]c2c1. The molecule has 2 aromatic carbocycles. The second kappa shape index (κ2) is 8.74. The van der Waals surface area contributed by atoms with Crippen molar-refractivity contribution in [2.24, 2.45) is 0 Å². The Balaban J connectivity index is 1.24. The number of benzene rings is 2. The molecule has 6 rings (SSSR count). The number of aromatic nitrogens is 4. The molecular weight excluding hydrogens is 457 g/mol. The van der Waals surface area contributed by atoms with Crippen molar-refractivity contribution in [2.75, 3.05) is 33.2 Å². The van der Waals surface area contributed by atoms with Crippen LogP contribution in [0.15, 0.2) is 30.3 Å². The van der Waals surface area contributed by atoms with E-state index in [9.17, 15) is 9.18 Å². The first kappa shape index (κ1) is 22.7. The van der Waals surface area contributed by atoms with Gasteiger partial charge in [0.1, 0.15) is 11.5 Å². The normalized spacial score (nSPS) is 16.2. The first-order valence-corrected chi connectivity index (χ1v) is 12.5. The molecule has 0 atom stereocenters. The first-order valence-electron chi connectivity index (χ1n) is 12.5. The fraction of sp³-hybridized carbons (Fsp3) is 0.370. The molecule has 186 valence electrons. The van der Waals surface area contributed by atoms with Crippen molar-refractivity contribution in [3.8, 4) is 22.6 Å². The Morgan fingerprint density at radius 1 is 1.08 bits per heavy atom. The van der Waals surface area contributed by atoms with Crippen LogP contribution in [0.5, 0.6) is 0 Å². The molecule has 1 saturated heterocycles. The zero-order valence-corrected chi connectivity index (χ0v) is 20.9. The molecule has 0 radical (unpaired) electrons. The van der Waals surface area contributed by atoms with Crippen LogP contribution in [0, 0.1) is 12.7 Å². The number of halogens is 1. The molecule has 4 heterocycles. The van der Waals surface area contributed by atoms with Gasteiger partial charge in [-0.3, -0.25) is 5.10 Å². The van der Waals surface area contributed by atoms with E-state index in [2.05, 4.69) is 34.1 Å². The molecule has 2 N–H and O–H groups in total. The number of imidazole rings is 1. The van der Waals surface area contributed by atoms with E-state index < -0.39 is 0 Å². The number of carbonyl (C=O) groups excluding carboxylic acids is 1. The van der Waals surface area contributed by atoms with E-state index in [0.29, 0.717) is 24.5 Å². The van der Waals surface area contributed by atoms with Crippen LogP contribution in [0.2, 0.25) is 0 Å². The van der Waals surface area contributed by atoms with Crippen molar-refractivity contribution in [3.05, 3.63) is 58.7 Å². The summed E-state index contributed by atoms with van der Waals surface area (Å²) < 4.78 is 14.3. The number of carbonyl (C=O) groups is 1. The monoisotopic (exact) mass is 487 g/mol. The predicted molar refractivity (Wildman–Crippen MR) is 137 cm³/mol. The van der Waals surface area contributed by atoms with Crippen LogP contribution in [0.1, 0.15) is 29.4 Å². The largest absolute Gasteiger partial charge is 0.339 e. The molecule has 0 spiro atoms. The van der Waals surface area contributed by atoms with Crippen molar-refractivity contribution in [1.29, 1.82) is 0 Å². The third-order valence-electron chi connectivity index (χ3n) is 7.46. The van der Waals surface area contributed by atoms with Crippen molar-refractivity contribution >= 4 is 16.9 Å². The zero-order valence-electron chi connectivity index (χ0n) is 20.9. The molecule has 2 amide bonds. The number of aryl methyl sites for hydroxylation is 2. The molecule has 0 bridgehead atoms. The van der Waals surface area contributed by atoms with Gasteiger partial charge in [-0.05, 0) is 60.8 Å². The average molecular weight is 488 g/mol. The van der Waals surface area contributed by atoms with Crippen LogP contribution < -0.4 is 0 Å². The smallest absolute Gasteiger partial charge is 0.320 e. The highest BCUT2D eigenvalue weighted by atomic mass is 19.1. The lowest BCUT2D eigenvalue weighted by atomic mass is 9.95. The number of likely N-dealkylation sites (N-methyl/N-ethyl adjacent to an activating group) is 1. The minimum Gasteiger partial charge on any atom is -0.339 e. The Hall–Kier alpha value is -3.72. The van der Waals surface area contributed by atoms with Gasteiger partial charge in [-0.15, -0.1) is 0 Å². The summed E-state index contributed by atoms with van der Waals surface area (Å²) in [7, 11) is 2.08. The first-order chi connectivity index (χ1) is 17.4. The Labute approximate surface area is 209 Å². The van der Waals surface area contributed by atoms with E-state index in [-0.39, 0.29) is 11.8 Å². The van der Waals surface area contributed by atoms with Crippen molar-refractivity contribution in [1.82, 2.24) is 34.9 Å². The summed E-state index contributed by atoms with van der Waals surface area (Å²) in [6, 6.07) is 9.67. The zero-order chi connectivity index (χ0) is 25.0. The van der Waals surface area contributed by atoms with E-state index in [1.54, 1.807) is 13.0 Å². The standard InChI is InChI=1S/C27H30FN7O/c1-4-17-11-16(2)21(28)13-20(17)18-5-6-19-22(12-18)31-32-25(19)26-29-23-14-35(15-24(23)30-26)27(36)34-9-7-33(3)8-10-34/h5-6,11-13H,4,7-10,14-15H2,1-3H3,(H,29,30)(H,31,32). The highest BCUT2D eigenvalue weighted by Gasteiger charge is 2.31. The van der Waals surface area contributed by atoms with Gasteiger partial charge in [-0.25, -0.2) is 14.2 Å². The topological polar surface area (TPSA) is 84.2 Å². The highest BCUT2D eigenvalue weighted by molar-refractivity contribution is 5.94. The summed E-state index contributed by atoms with van der Waals surface area (Å²) >= 11 is 0. The number of hydrogen-bond donors (Lipinski definition) is 2. The van der Waals surface area contributed by atoms with Gasteiger partial charge in [0.05, 0.1) is 30.0 Å². The van der Waals surface area contributed by atoms with Crippen LogP contribution in [0.3, 0.4) is 0 Å². The van der Waals surface area contributed by atoms with Crippen LogP contribution in [0.25, 0.3) is 33.5 Å².